The standard InChI is InChI=1S/C8H15N5S/c1-8(2,3)11-7(9)10-4-6-5-14-13-12-6/h5H,4H2,1-3H3,(H3,9,10,11). The lowest BCUT2D eigenvalue weighted by molar-refractivity contribution is 0.508. The van der Waals surface area contributed by atoms with Gasteiger partial charge in [-0.1, -0.05) is 4.49 Å². The third-order valence-corrected chi connectivity index (χ3v) is 1.87. The van der Waals surface area contributed by atoms with Gasteiger partial charge in [-0.15, -0.1) is 5.10 Å². The zero-order valence-corrected chi connectivity index (χ0v) is 9.43. The summed E-state index contributed by atoms with van der Waals surface area (Å²) in [6.45, 7) is 6.56. The van der Waals surface area contributed by atoms with Gasteiger partial charge in [0.25, 0.3) is 0 Å². The second kappa shape index (κ2) is 4.36. The van der Waals surface area contributed by atoms with Crippen LogP contribution < -0.4 is 11.1 Å². The van der Waals surface area contributed by atoms with E-state index in [2.05, 4.69) is 19.9 Å². The van der Waals surface area contributed by atoms with Gasteiger partial charge in [-0.2, -0.15) is 0 Å². The summed E-state index contributed by atoms with van der Waals surface area (Å²) in [5.41, 5.74) is 6.45. The van der Waals surface area contributed by atoms with Crippen molar-refractivity contribution in [2.45, 2.75) is 32.9 Å². The van der Waals surface area contributed by atoms with Gasteiger partial charge in [0, 0.05) is 10.9 Å². The van der Waals surface area contributed by atoms with Crippen LogP contribution in [0.15, 0.2) is 10.4 Å². The fourth-order valence-electron chi connectivity index (χ4n) is 0.843. The number of aromatic nitrogens is 2. The summed E-state index contributed by atoms with van der Waals surface area (Å²) in [6.07, 6.45) is 0. The smallest absolute Gasteiger partial charge is 0.189 e. The summed E-state index contributed by atoms with van der Waals surface area (Å²) in [6, 6.07) is 0. The van der Waals surface area contributed by atoms with Gasteiger partial charge in [-0.3, -0.25) is 0 Å². The van der Waals surface area contributed by atoms with Gasteiger partial charge in [-0.25, -0.2) is 4.99 Å². The topological polar surface area (TPSA) is 76.2 Å². The number of hydrogen-bond donors (Lipinski definition) is 2. The van der Waals surface area contributed by atoms with E-state index in [-0.39, 0.29) is 5.54 Å². The highest BCUT2D eigenvalue weighted by atomic mass is 32.1. The van der Waals surface area contributed by atoms with Crippen molar-refractivity contribution in [2.75, 3.05) is 0 Å². The second-order valence-corrected chi connectivity index (χ2v) is 4.58. The third-order valence-electron chi connectivity index (χ3n) is 1.32. The Kier molecular flexibility index (Phi) is 3.40. The number of aliphatic imine (C=N–C) groups is 1. The molecule has 0 aliphatic heterocycles. The van der Waals surface area contributed by atoms with Crippen LogP contribution in [0, 0.1) is 0 Å². The van der Waals surface area contributed by atoms with E-state index in [1.165, 1.54) is 11.5 Å². The van der Waals surface area contributed by atoms with Gasteiger partial charge in [0.15, 0.2) is 5.96 Å². The van der Waals surface area contributed by atoms with Gasteiger partial charge < -0.3 is 11.1 Å². The fourth-order valence-corrected chi connectivity index (χ4v) is 1.29. The van der Waals surface area contributed by atoms with Gasteiger partial charge >= 0.3 is 0 Å². The summed E-state index contributed by atoms with van der Waals surface area (Å²) in [5, 5.41) is 8.78. The Morgan fingerprint density at radius 1 is 1.64 bits per heavy atom. The molecular formula is C8H15N5S. The fraction of sp³-hybridized carbons (Fsp3) is 0.625. The Balaban J connectivity index is 2.45. The molecule has 6 heteroatoms. The molecule has 1 heterocycles. The van der Waals surface area contributed by atoms with Crippen molar-refractivity contribution in [1.82, 2.24) is 14.9 Å². The highest BCUT2D eigenvalue weighted by Gasteiger charge is 2.09. The maximum atomic E-state index is 5.67. The van der Waals surface area contributed by atoms with Crippen LogP contribution in [0.25, 0.3) is 0 Å². The first-order chi connectivity index (χ1) is 6.47. The minimum atomic E-state index is -0.0616. The molecule has 1 aromatic rings. The largest absolute Gasteiger partial charge is 0.370 e. The Hall–Kier alpha value is -1.17. The average Bonchev–Trinajstić information content (AvgIpc) is 2.49. The molecule has 1 aromatic heterocycles. The van der Waals surface area contributed by atoms with Crippen LogP contribution in [-0.2, 0) is 6.54 Å². The average molecular weight is 213 g/mol. The van der Waals surface area contributed by atoms with E-state index in [1.807, 2.05) is 26.2 Å². The van der Waals surface area contributed by atoms with Crippen molar-refractivity contribution in [3.05, 3.63) is 11.1 Å². The molecule has 0 aliphatic rings. The van der Waals surface area contributed by atoms with E-state index in [4.69, 9.17) is 5.73 Å². The number of nitrogens with zero attached hydrogens (tertiary/aromatic N) is 3. The summed E-state index contributed by atoms with van der Waals surface area (Å²) in [4.78, 5) is 4.14. The predicted octanol–water partition coefficient (Wildman–Crippen LogP) is 0.741. The van der Waals surface area contributed by atoms with Crippen LogP contribution in [0.4, 0.5) is 0 Å². The number of guanidine groups is 1. The maximum Gasteiger partial charge on any atom is 0.189 e. The molecule has 0 aromatic carbocycles. The molecule has 0 amide bonds. The number of rotatable bonds is 2. The molecule has 0 spiro atoms. The first-order valence-electron chi connectivity index (χ1n) is 4.31. The van der Waals surface area contributed by atoms with Crippen LogP contribution in [-0.4, -0.2) is 21.1 Å². The molecule has 0 aliphatic carbocycles. The number of nitrogens with one attached hydrogen (secondary N) is 1. The summed E-state index contributed by atoms with van der Waals surface area (Å²) < 4.78 is 3.74. The SMILES string of the molecule is CC(C)(C)NC(N)=NCc1csnn1. The summed E-state index contributed by atoms with van der Waals surface area (Å²) in [7, 11) is 0. The van der Waals surface area contributed by atoms with Crippen molar-refractivity contribution in [1.29, 1.82) is 0 Å². The highest BCUT2D eigenvalue weighted by molar-refractivity contribution is 7.03. The molecule has 0 unspecified atom stereocenters. The lowest BCUT2D eigenvalue weighted by Crippen LogP contribution is -2.44. The number of nitrogens with two attached hydrogens (primary N) is 1. The van der Waals surface area contributed by atoms with Gasteiger partial charge in [0.1, 0.15) is 0 Å². The van der Waals surface area contributed by atoms with E-state index in [9.17, 15) is 0 Å². The molecule has 78 valence electrons. The molecule has 0 saturated heterocycles. The van der Waals surface area contributed by atoms with Crippen LogP contribution >= 0.6 is 11.5 Å². The molecule has 0 bridgehead atoms. The minimum Gasteiger partial charge on any atom is -0.370 e. The Morgan fingerprint density at radius 2 is 2.36 bits per heavy atom. The Labute approximate surface area is 87.6 Å². The van der Waals surface area contributed by atoms with Crippen molar-refractivity contribution in [2.24, 2.45) is 10.7 Å². The van der Waals surface area contributed by atoms with Crippen LogP contribution in [0.5, 0.6) is 0 Å². The second-order valence-electron chi connectivity index (χ2n) is 3.97. The van der Waals surface area contributed by atoms with Gasteiger partial charge in [0.2, 0.25) is 0 Å². The van der Waals surface area contributed by atoms with E-state index in [0.29, 0.717) is 12.5 Å². The summed E-state index contributed by atoms with van der Waals surface area (Å²) >= 11 is 1.31. The lowest BCUT2D eigenvalue weighted by Gasteiger charge is -2.20. The van der Waals surface area contributed by atoms with Gasteiger partial charge in [-0.05, 0) is 32.3 Å². The van der Waals surface area contributed by atoms with Gasteiger partial charge in [0.05, 0.1) is 12.2 Å². The van der Waals surface area contributed by atoms with E-state index in [0.717, 1.165) is 5.69 Å². The molecular weight excluding hydrogens is 198 g/mol. The maximum absolute atomic E-state index is 5.67. The molecule has 0 atom stereocenters. The zero-order chi connectivity index (χ0) is 10.6. The highest BCUT2D eigenvalue weighted by Crippen LogP contribution is 2.00. The Bertz CT molecular complexity index is 298. The van der Waals surface area contributed by atoms with Crippen molar-refractivity contribution < 1.29 is 0 Å². The predicted molar refractivity (Wildman–Crippen MR) is 58.1 cm³/mol. The molecule has 14 heavy (non-hydrogen) atoms. The van der Waals surface area contributed by atoms with Crippen molar-refractivity contribution in [3.8, 4) is 0 Å². The molecule has 5 nitrogen and oxygen atoms in total. The molecule has 1 rings (SSSR count). The normalized spacial score (nSPS) is 12.9. The van der Waals surface area contributed by atoms with Crippen molar-refractivity contribution in [3.63, 3.8) is 0 Å². The van der Waals surface area contributed by atoms with E-state index >= 15 is 0 Å². The van der Waals surface area contributed by atoms with E-state index < -0.39 is 0 Å². The zero-order valence-electron chi connectivity index (χ0n) is 8.61. The van der Waals surface area contributed by atoms with Crippen LogP contribution in [0.2, 0.25) is 0 Å². The minimum absolute atomic E-state index is 0.0616. The molecule has 0 radical (unpaired) electrons. The van der Waals surface area contributed by atoms with E-state index in [1.54, 1.807) is 0 Å². The monoisotopic (exact) mass is 213 g/mol. The van der Waals surface area contributed by atoms with Crippen molar-refractivity contribution >= 4 is 17.5 Å². The summed E-state index contributed by atoms with van der Waals surface area (Å²) in [5.74, 6) is 0.436. The number of hydrogen-bond acceptors (Lipinski definition) is 4. The molecule has 0 fully saturated rings. The first-order valence-corrected chi connectivity index (χ1v) is 5.15. The molecule has 3 N–H and O–H groups in total. The third kappa shape index (κ3) is 4.18. The van der Waals surface area contributed by atoms with Crippen LogP contribution in [0.3, 0.4) is 0 Å². The quantitative estimate of drug-likeness (QED) is 0.561. The first kappa shape index (κ1) is 10.9. The van der Waals surface area contributed by atoms with Crippen LogP contribution in [0.1, 0.15) is 26.5 Å². The lowest BCUT2D eigenvalue weighted by atomic mass is 10.1. The molecule has 0 saturated carbocycles. The Morgan fingerprint density at radius 3 is 2.86 bits per heavy atom.